The minimum absolute atomic E-state index is 0.0195. The first-order valence-corrected chi connectivity index (χ1v) is 9.04. The highest BCUT2D eigenvalue weighted by Crippen LogP contribution is 2.24. The monoisotopic (exact) mass is 368 g/mol. The van der Waals surface area contributed by atoms with E-state index in [1.54, 1.807) is 22.8 Å². The summed E-state index contributed by atoms with van der Waals surface area (Å²) in [7, 11) is 0. The number of nitrogens with zero attached hydrogens (tertiary/aromatic N) is 3. The minimum atomic E-state index is -0.489. The molecule has 1 aliphatic heterocycles. The van der Waals surface area contributed by atoms with E-state index in [9.17, 15) is 14.4 Å². The number of aromatic nitrogens is 1. The fourth-order valence-electron chi connectivity index (χ4n) is 2.82. The van der Waals surface area contributed by atoms with Crippen LogP contribution < -0.4 is 5.32 Å². The standard InChI is InChI=1S/C19H17FN4OS/c1-12-9-14(13(2)24(12)17-6-4-3-5-16(17)20)10-15(11-21)18(25)23-19-22-7-8-26-19/h3-6,9-10H,7-8H2,1-2H3,(H,22,23,25)/b15-10+. The number of nitrogens with one attached hydrogen (secondary N) is 1. The van der Waals surface area contributed by atoms with Gasteiger partial charge in [0.1, 0.15) is 17.5 Å². The van der Waals surface area contributed by atoms with Crippen LogP contribution in [0, 0.1) is 31.0 Å². The average Bonchev–Trinajstić information content (AvgIpc) is 3.22. The molecule has 0 unspecified atom stereocenters. The molecule has 0 atom stereocenters. The van der Waals surface area contributed by atoms with E-state index >= 15 is 0 Å². The number of amidine groups is 1. The number of carbonyl (C=O) groups is 1. The van der Waals surface area contributed by atoms with E-state index in [0.717, 1.165) is 17.1 Å². The van der Waals surface area contributed by atoms with Crippen molar-refractivity contribution in [2.45, 2.75) is 13.8 Å². The molecule has 5 nitrogen and oxygen atoms in total. The lowest BCUT2D eigenvalue weighted by molar-refractivity contribution is -0.115. The van der Waals surface area contributed by atoms with Gasteiger partial charge in [-0.25, -0.2) is 4.39 Å². The van der Waals surface area contributed by atoms with Crippen LogP contribution in [0.4, 0.5) is 4.39 Å². The maximum absolute atomic E-state index is 14.2. The number of rotatable bonds is 3. The van der Waals surface area contributed by atoms with Crippen LogP contribution in [0.1, 0.15) is 17.0 Å². The van der Waals surface area contributed by atoms with Gasteiger partial charge in [0.2, 0.25) is 0 Å². The van der Waals surface area contributed by atoms with E-state index < -0.39 is 5.91 Å². The van der Waals surface area contributed by atoms with Gasteiger partial charge in [0.25, 0.3) is 5.91 Å². The summed E-state index contributed by atoms with van der Waals surface area (Å²) in [5.74, 6) is 0.000981. The first kappa shape index (κ1) is 18.0. The number of aryl methyl sites for hydroxylation is 1. The van der Waals surface area contributed by atoms with Gasteiger partial charge in [-0.3, -0.25) is 9.79 Å². The van der Waals surface area contributed by atoms with E-state index in [0.29, 0.717) is 23.0 Å². The third kappa shape index (κ3) is 3.55. The molecule has 1 amide bonds. The van der Waals surface area contributed by atoms with Crippen LogP contribution in [-0.2, 0) is 4.79 Å². The van der Waals surface area contributed by atoms with E-state index in [1.807, 2.05) is 26.0 Å². The zero-order valence-corrected chi connectivity index (χ0v) is 15.2. The molecule has 0 radical (unpaired) electrons. The summed E-state index contributed by atoms with van der Waals surface area (Å²) in [5, 5.41) is 12.6. The van der Waals surface area contributed by atoms with Crippen LogP contribution in [0.2, 0.25) is 0 Å². The highest BCUT2D eigenvalue weighted by atomic mass is 32.2. The van der Waals surface area contributed by atoms with Gasteiger partial charge in [-0.1, -0.05) is 23.9 Å². The van der Waals surface area contributed by atoms with E-state index in [-0.39, 0.29) is 11.4 Å². The molecule has 0 saturated carbocycles. The van der Waals surface area contributed by atoms with Crippen molar-refractivity contribution in [3.63, 3.8) is 0 Å². The van der Waals surface area contributed by atoms with Gasteiger partial charge in [0, 0.05) is 17.1 Å². The smallest absolute Gasteiger partial charge is 0.267 e. The number of halogens is 1. The number of carbonyl (C=O) groups excluding carboxylic acids is 1. The van der Waals surface area contributed by atoms with Crippen molar-refractivity contribution in [1.29, 1.82) is 5.26 Å². The molecule has 2 heterocycles. The van der Waals surface area contributed by atoms with Gasteiger partial charge in [0.05, 0.1) is 12.2 Å². The molecule has 3 rings (SSSR count). The van der Waals surface area contributed by atoms with Crippen molar-refractivity contribution < 1.29 is 9.18 Å². The predicted molar refractivity (Wildman–Crippen MR) is 102 cm³/mol. The number of amides is 1. The van der Waals surface area contributed by atoms with Crippen molar-refractivity contribution in [3.05, 3.63) is 58.7 Å². The Morgan fingerprint density at radius 3 is 2.85 bits per heavy atom. The van der Waals surface area contributed by atoms with Crippen LogP contribution in [-0.4, -0.2) is 27.9 Å². The van der Waals surface area contributed by atoms with Gasteiger partial charge in [0.15, 0.2) is 5.17 Å². The highest BCUT2D eigenvalue weighted by Gasteiger charge is 2.17. The van der Waals surface area contributed by atoms with Gasteiger partial charge < -0.3 is 9.88 Å². The van der Waals surface area contributed by atoms with Crippen LogP contribution in [0.3, 0.4) is 0 Å². The second kappa shape index (κ2) is 7.58. The zero-order chi connectivity index (χ0) is 18.7. The quantitative estimate of drug-likeness (QED) is 0.667. The second-order valence-corrected chi connectivity index (χ2v) is 6.86. The molecule has 1 N–H and O–H groups in total. The van der Waals surface area contributed by atoms with Crippen molar-refractivity contribution >= 4 is 28.9 Å². The number of hydrogen-bond acceptors (Lipinski definition) is 4. The number of hydrogen-bond donors (Lipinski definition) is 1. The first-order chi connectivity index (χ1) is 12.5. The maximum atomic E-state index is 14.2. The molecular weight excluding hydrogens is 351 g/mol. The molecule has 1 aliphatic rings. The average molecular weight is 368 g/mol. The van der Waals surface area contributed by atoms with Crippen LogP contribution in [0.5, 0.6) is 0 Å². The van der Waals surface area contributed by atoms with Crippen molar-refractivity contribution in [2.24, 2.45) is 4.99 Å². The van der Waals surface area contributed by atoms with Crippen LogP contribution in [0.15, 0.2) is 40.9 Å². The Hall–Kier alpha value is -2.85. The molecule has 0 bridgehead atoms. The summed E-state index contributed by atoms with van der Waals surface area (Å²) in [4.78, 5) is 16.4. The third-order valence-corrected chi connectivity index (χ3v) is 4.93. The van der Waals surface area contributed by atoms with Crippen molar-refractivity contribution in [1.82, 2.24) is 9.88 Å². The Labute approximate surface area is 155 Å². The van der Waals surface area contributed by atoms with E-state index in [1.165, 1.54) is 23.9 Å². The Balaban J connectivity index is 1.95. The molecular formula is C19H17FN4OS. The van der Waals surface area contributed by atoms with Crippen LogP contribution in [0.25, 0.3) is 11.8 Å². The summed E-state index contributed by atoms with van der Waals surface area (Å²) in [6, 6.07) is 10.3. The normalized spacial score (nSPS) is 14.1. The van der Waals surface area contributed by atoms with Gasteiger partial charge in [-0.15, -0.1) is 0 Å². The van der Waals surface area contributed by atoms with E-state index in [2.05, 4.69) is 10.3 Å². The largest absolute Gasteiger partial charge is 0.315 e. The number of nitriles is 1. The molecule has 132 valence electrons. The molecule has 1 aromatic heterocycles. The number of aliphatic imine (C=N–C) groups is 1. The number of thioether (sulfide) groups is 1. The number of benzene rings is 1. The summed E-state index contributed by atoms with van der Waals surface area (Å²) < 4.78 is 15.9. The molecule has 0 saturated heterocycles. The zero-order valence-electron chi connectivity index (χ0n) is 14.4. The van der Waals surface area contributed by atoms with Crippen LogP contribution >= 0.6 is 11.8 Å². The number of para-hydroxylation sites is 1. The lowest BCUT2D eigenvalue weighted by atomic mass is 10.1. The summed E-state index contributed by atoms with van der Waals surface area (Å²) in [6.45, 7) is 4.34. The maximum Gasteiger partial charge on any atom is 0.267 e. The summed E-state index contributed by atoms with van der Waals surface area (Å²) in [6.07, 6.45) is 1.52. The van der Waals surface area contributed by atoms with Gasteiger partial charge in [-0.2, -0.15) is 5.26 Å². The molecule has 0 aliphatic carbocycles. The fourth-order valence-corrected chi connectivity index (χ4v) is 3.54. The summed E-state index contributed by atoms with van der Waals surface area (Å²) in [5.41, 5.74) is 2.67. The highest BCUT2D eigenvalue weighted by molar-refractivity contribution is 8.14. The molecule has 2 aromatic rings. The Kier molecular flexibility index (Phi) is 5.24. The predicted octanol–water partition coefficient (Wildman–Crippen LogP) is 3.36. The molecule has 26 heavy (non-hydrogen) atoms. The molecule has 7 heteroatoms. The Morgan fingerprint density at radius 2 is 2.19 bits per heavy atom. The van der Waals surface area contributed by atoms with E-state index in [4.69, 9.17) is 0 Å². The topological polar surface area (TPSA) is 70.2 Å². The Bertz CT molecular complexity index is 968. The minimum Gasteiger partial charge on any atom is -0.315 e. The van der Waals surface area contributed by atoms with Gasteiger partial charge in [-0.05, 0) is 43.7 Å². The second-order valence-electron chi connectivity index (χ2n) is 5.77. The van der Waals surface area contributed by atoms with Gasteiger partial charge >= 0.3 is 0 Å². The third-order valence-electron chi connectivity index (χ3n) is 4.03. The van der Waals surface area contributed by atoms with Crippen molar-refractivity contribution in [3.8, 4) is 11.8 Å². The SMILES string of the molecule is Cc1cc(/C=C(\C#N)C(=O)NC2=NCCS2)c(C)n1-c1ccccc1F. The Morgan fingerprint density at radius 1 is 1.42 bits per heavy atom. The fraction of sp³-hybridized carbons (Fsp3) is 0.211. The molecule has 0 spiro atoms. The lowest BCUT2D eigenvalue weighted by Crippen LogP contribution is -2.28. The molecule has 1 aromatic carbocycles. The lowest BCUT2D eigenvalue weighted by Gasteiger charge is -2.10. The molecule has 0 fully saturated rings. The van der Waals surface area contributed by atoms with Crippen molar-refractivity contribution in [2.75, 3.05) is 12.3 Å². The summed E-state index contributed by atoms with van der Waals surface area (Å²) >= 11 is 1.45. The first-order valence-electron chi connectivity index (χ1n) is 8.05.